The number of nitrogens with one attached hydrogen (secondary N) is 1. The SMILES string of the molecule is CO/C=C(\c1ccccc1)C1CCNCC1.Cl. The molecular formula is C14H20ClNO. The van der Waals surface area contributed by atoms with Crippen LogP contribution in [0.1, 0.15) is 18.4 Å². The summed E-state index contributed by atoms with van der Waals surface area (Å²) in [7, 11) is 1.73. The van der Waals surface area contributed by atoms with Crippen molar-refractivity contribution in [1.82, 2.24) is 5.32 Å². The summed E-state index contributed by atoms with van der Waals surface area (Å²) in [6.45, 7) is 2.22. The van der Waals surface area contributed by atoms with Crippen LogP contribution >= 0.6 is 12.4 Å². The van der Waals surface area contributed by atoms with Crippen molar-refractivity contribution in [2.45, 2.75) is 12.8 Å². The van der Waals surface area contributed by atoms with Gasteiger partial charge < -0.3 is 10.1 Å². The van der Waals surface area contributed by atoms with Crippen molar-refractivity contribution in [2.75, 3.05) is 20.2 Å². The van der Waals surface area contributed by atoms with Crippen molar-refractivity contribution in [2.24, 2.45) is 5.92 Å². The van der Waals surface area contributed by atoms with Crippen LogP contribution in [-0.4, -0.2) is 20.2 Å². The zero-order valence-electron chi connectivity index (χ0n) is 10.2. The number of halogens is 1. The van der Waals surface area contributed by atoms with Gasteiger partial charge in [-0.15, -0.1) is 12.4 Å². The van der Waals surface area contributed by atoms with Gasteiger partial charge in [0, 0.05) is 0 Å². The van der Waals surface area contributed by atoms with Gasteiger partial charge in [0.1, 0.15) is 0 Å². The molecule has 1 aromatic rings. The third-order valence-electron chi connectivity index (χ3n) is 3.13. The lowest BCUT2D eigenvalue weighted by molar-refractivity contribution is 0.333. The second kappa shape index (κ2) is 7.36. The molecule has 0 atom stereocenters. The van der Waals surface area contributed by atoms with Crippen LogP contribution in [0.5, 0.6) is 0 Å². The number of allylic oxidation sites excluding steroid dienone is 1. The highest BCUT2D eigenvalue weighted by Crippen LogP contribution is 2.29. The standard InChI is InChI=1S/C14H19NO.ClH/c1-16-11-14(12-5-3-2-4-6-12)13-7-9-15-10-8-13;/h2-6,11,13,15H,7-10H2,1H3;1H/b14-11+;. The van der Waals surface area contributed by atoms with E-state index in [-0.39, 0.29) is 12.4 Å². The lowest BCUT2D eigenvalue weighted by atomic mass is 9.86. The van der Waals surface area contributed by atoms with Crippen molar-refractivity contribution >= 4 is 18.0 Å². The molecule has 0 amide bonds. The lowest BCUT2D eigenvalue weighted by Gasteiger charge is -2.25. The van der Waals surface area contributed by atoms with Gasteiger partial charge in [-0.3, -0.25) is 0 Å². The summed E-state index contributed by atoms with van der Waals surface area (Å²) in [5.74, 6) is 0.628. The predicted molar refractivity (Wildman–Crippen MR) is 74.3 cm³/mol. The minimum atomic E-state index is 0. The number of hydrogen-bond donors (Lipinski definition) is 1. The van der Waals surface area contributed by atoms with E-state index in [4.69, 9.17) is 4.74 Å². The van der Waals surface area contributed by atoms with Crippen molar-refractivity contribution < 1.29 is 4.74 Å². The van der Waals surface area contributed by atoms with E-state index in [0.29, 0.717) is 5.92 Å². The first kappa shape index (κ1) is 14.1. The van der Waals surface area contributed by atoms with Crippen LogP contribution in [0.4, 0.5) is 0 Å². The molecule has 0 spiro atoms. The predicted octanol–water partition coefficient (Wildman–Crippen LogP) is 3.10. The Bertz CT molecular complexity index is 344. The summed E-state index contributed by atoms with van der Waals surface area (Å²) in [6.07, 6.45) is 4.31. The lowest BCUT2D eigenvalue weighted by Crippen LogP contribution is -2.28. The summed E-state index contributed by atoms with van der Waals surface area (Å²) >= 11 is 0. The second-order valence-electron chi connectivity index (χ2n) is 4.20. The minimum absolute atomic E-state index is 0. The van der Waals surface area contributed by atoms with Crippen LogP contribution < -0.4 is 5.32 Å². The van der Waals surface area contributed by atoms with E-state index in [1.807, 2.05) is 6.26 Å². The van der Waals surface area contributed by atoms with E-state index >= 15 is 0 Å². The summed E-state index contributed by atoms with van der Waals surface area (Å²) < 4.78 is 5.23. The van der Waals surface area contributed by atoms with E-state index in [2.05, 4.69) is 35.6 Å². The number of methoxy groups -OCH3 is 1. The number of rotatable bonds is 3. The number of hydrogen-bond acceptors (Lipinski definition) is 2. The van der Waals surface area contributed by atoms with Gasteiger partial charge in [-0.25, -0.2) is 0 Å². The molecule has 0 bridgehead atoms. The maximum absolute atomic E-state index is 5.23. The van der Waals surface area contributed by atoms with Gasteiger partial charge in [0.25, 0.3) is 0 Å². The average molecular weight is 254 g/mol. The van der Waals surface area contributed by atoms with Crippen molar-refractivity contribution in [3.05, 3.63) is 42.2 Å². The Morgan fingerprint density at radius 3 is 2.47 bits per heavy atom. The third kappa shape index (κ3) is 3.76. The van der Waals surface area contributed by atoms with Crippen LogP contribution in [0.15, 0.2) is 36.6 Å². The van der Waals surface area contributed by atoms with Crippen molar-refractivity contribution in [1.29, 1.82) is 0 Å². The molecule has 17 heavy (non-hydrogen) atoms. The smallest absolute Gasteiger partial charge is 0.0865 e. The van der Waals surface area contributed by atoms with Gasteiger partial charge in [-0.2, -0.15) is 0 Å². The molecule has 1 aliphatic rings. The molecule has 1 N–H and O–H groups in total. The Hall–Kier alpha value is -0.990. The summed E-state index contributed by atoms with van der Waals surface area (Å²) in [4.78, 5) is 0. The van der Waals surface area contributed by atoms with E-state index in [0.717, 1.165) is 13.1 Å². The molecule has 1 aromatic carbocycles. The normalized spacial score (nSPS) is 17.4. The zero-order chi connectivity index (χ0) is 11.2. The third-order valence-corrected chi connectivity index (χ3v) is 3.13. The molecular weight excluding hydrogens is 234 g/mol. The molecule has 1 saturated heterocycles. The summed E-state index contributed by atoms with van der Waals surface area (Å²) in [6, 6.07) is 10.5. The molecule has 2 rings (SSSR count). The molecule has 0 saturated carbocycles. The largest absolute Gasteiger partial charge is 0.504 e. The molecule has 0 radical (unpaired) electrons. The van der Waals surface area contributed by atoms with Gasteiger partial charge in [0.15, 0.2) is 0 Å². The van der Waals surface area contributed by atoms with Crippen molar-refractivity contribution in [3.8, 4) is 0 Å². The fraction of sp³-hybridized carbons (Fsp3) is 0.429. The Labute approximate surface area is 109 Å². The molecule has 0 aliphatic carbocycles. The van der Waals surface area contributed by atoms with E-state index in [9.17, 15) is 0 Å². The fourth-order valence-electron chi connectivity index (χ4n) is 2.29. The summed E-state index contributed by atoms with van der Waals surface area (Å²) in [5.41, 5.74) is 2.63. The van der Waals surface area contributed by atoms with Crippen LogP contribution in [-0.2, 0) is 4.74 Å². The monoisotopic (exact) mass is 253 g/mol. The average Bonchev–Trinajstić information content (AvgIpc) is 2.38. The Balaban J connectivity index is 0.00000144. The van der Waals surface area contributed by atoms with Gasteiger partial charge >= 0.3 is 0 Å². The molecule has 3 heteroatoms. The molecule has 1 fully saturated rings. The maximum Gasteiger partial charge on any atom is 0.0865 e. The quantitative estimate of drug-likeness (QED) is 0.836. The molecule has 2 nitrogen and oxygen atoms in total. The molecule has 0 aromatic heterocycles. The Morgan fingerprint density at radius 1 is 1.24 bits per heavy atom. The van der Waals surface area contributed by atoms with E-state index in [1.165, 1.54) is 24.0 Å². The summed E-state index contributed by atoms with van der Waals surface area (Å²) in [5, 5.41) is 3.40. The Kier molecular flexibility index (Phi) is 6.09. The Morgan fingerprint density at radius 2 is 1.88 bits per heavy atom. The first-order chi connectivity index (χ1) is 7.92. The van der Waals surface area contributed by atoms with Gasteiger partial charge in [0.05, 0.1) is 13.4 Å². The van der Waals surface area contributed by atoms with Crippen LogP contribution in [0.2, 0.25) is 0 Å². The number of benzene rings is 1. The van der Waals surface area contributed by atoms with Crippen molar-refractivity contribution in [3.63, 3.8) is 0 Å². The topological polar surface area (TPSA) is 21.3 Å². The molecule has 1 heterocycles. The van der Waals surface area contributed by atoms with Crippen LogP contribution in [0.3, 0.4) is 0 Å². The van der Waals surface area contributed by atoms with E-state index in [1.54, 1.807) is 7.11 Å². The molecule has 0 unspecified atom stereocenters. The van der Waals surface area contributed by atoms with Crippen LogP contribution in [0, 0.1) is 5.92 Å². The highest BCUT2D eigenvalue weighted by atomic mass is 35.5. The first-order valence-corrected chi connectivity index (χ1v) is 5.91. The molecule has 1 aliphatic heterocycles. The van der Waals surface area contributed by atoms with Gasteiger partial charge in [-0.1, -0.05) is 30.3 Å². The number of ether oxygens (including phenoxy) is 1. The minimum Gasteiger partial charge on any atom is -0.504 e. The highest BCUT2D eigenvalue weighted by Gasteiger charge is 2.18. The first-order valence-electron chi connectivity index (χ1n) is 5.91. The van der Waals surface area contributed by atoms with Gasteiger partial charge in [0.2, 0.25) is 0 Å². The van der Waals surface area contributed by atoms with Gasteiger partial charge in [-0.05, 0) is 43.0 Å². The second-order valence-corrected chi connectivity index (χ2v) is 4.20. The zero-order valence-corrected chi connectivity index (χ0v) is 11.0. The maximum atomic E-state index is 5.23. The van der Waals surface area contributed by atoms with E-state index < -0.39 is 0 Å². The number of piperidine rings is 1. The fourth-order valence-corrected chi connectivity index (χ4v) is 2.29. The highest BCUT2D eigenvalue weighted by molar-refractivity contribution is 5.85. The van der Waals surface area contributed by atoms with Crippen LogP contribution in [0.25, 0.3) is 5.57 Å². The molecule has 94 valence electrons.